The second kappa shape index (κ2) is 8.89. The number of hydrogen-bond donors (Lipinski definition) is 1. The zero-order valence-corrected chi connectivity index (χ0v) is 17.6. The Morgan fingerprint density at radius 1 is 0.857 bits per heavy atom. The molecule has 2 unspecified atom stereocenters. The summed E-state index contributed by atoms with van der Waals surface area (Å²) in [6, 6.07) is 0.441. The molecule has 0 aromatic heterocycles. The second-order valence-corrected chi connectivity index (χ2v) is 10.0. The number of morpholine rings is 1. The predicted molar refractivity (Wildman–Crippen MR) is 110 cm³/mol. The van der Waals surface area contributed by atoms with Gasteiger partial charge in [-0.15, -0.1) is 0 Å². The van der Waals surface area contributed by atoms with Gasteiger partial charge in [-0.25, -0.2) is 0 Å². The fraction of sp³-hybridized carbons (Fsp3) is 1.00. The van der Waals surface area contributed by atoms with Gasteiger partial charge in [0, 0.05) is 26.2 Å². The van der Waals surface area contributed by atoms with Crippen molar-refractivity contribution in [2.45, 2.75) is 88.0 Å². The lowest BCUT2D eigenvalue weighted by atomic mass is 9.71. The molecule has 1 spiro atoms. The van der Waals surface area contributed by atoms with Gasteiger partial charge in [0.05, 0.1) is 43.6 Å². The van der Waals surface area contributed by atoms with Crippen LogP contribution < -0.4 is 5.32 Å². The summed E-state index contributed by atoms with van der Waals surface area (Å²) in [5.41, 5.74) is 0.0991. The summed E-state index contributed by atoms with van der Waals surface area (Å²) in [7, 11) is 0. The summed E-state index contributed by atoms with van der Waals surface area (Å²) in [5.74, 6) is 1.68. The third-order valence-electron chi connectivity index (χ3n) is 8.50. The summed E-state index contributed by atoms with van der Waals surface area (Å²) < 4.78 is 19.0. The molecule has 4 aliphatic heterocycles. The molecule has 5 heteroatoms. The van der Waals surface area contributed by atoms with E-state index in [2.05, 4.69) is 10.2 Å². The number of rotatable bonds is 0. The molecule has 0 amide bonds. The first kappa shape index (κ1) is 19.7. The fourth-order valence-corrected chi connectivity index (χ4v) is 6.88. The van der Waals surface area contributed by atoms with Crippen molar-refractivity contribution in [1.29, 1.82) is 0 Å². The molecule has 0 aromatic carbocycles. The van der Waals surface area contributed by atoms with Gasteiger partial charge in [0.15, 0.2) is 0 Å². The largest absolute Gasteiger partial charge is 0.378 e. The van der Waals surface area contributed by atoms with Gasteiger partial charge in [-0.2, -0.15) is 0 Å². The Bertz CT molecular complexity index is 502. The van der Waals surface area contributed by atoms with Crippen molar-refractivity contribution in [3.05, 3.63) is 0 Å². The molecule has 4 saturated heterocycles. The number of nitrogens with one attached hydrogen (secondary N) is 1. The molecule has 160 valence electrons. The highest BCUT2D eigenvalue weighted by molar-refractivity contribution is 5.07. The average molecular weight is 393 g/mol. The standard InChI is InChI=1S/C23H40N2O3/c1-2-5-21-20(4-1)18-6-8-19(9-7-18)28-16-22-23(17-26-15-11-24-23)10-13-25(22)12-3-14-27-21/h18-22,24H,1-17H2/t18?,19?,20?,21?,22-,23+/m1/s1. The van der Waals surface area contributed by atoms with Gasteiger partial charge < -0.3 is 19.5 Å². The van der Waals surface area contributed by atoms with E-state index in [4.69, 9.17) is 14.2 Å². The Morgan fingerprint density at radius 2 is 1.75 bits per heavy atom. The van der Waals surface area contributed by atoms with Gasteiger partial charge in [-0.05, 0) is 63.2 Å². The van der Waals surface area contributed by atoms with Crippen molar-refractivity contribution in [2.24, 2.45) is 11.8 Å². The van der Waals surface area contributed by atoms with E-state index in [1.54, 1.807) is 0 Å². The monoisotopic (exact) mass is 392 g/mol. The summed E-state index contributed by atoms with van der Waals surface area (Å²) >= 11 is 0. The van der Waals surface area contributed by atoms with E-state index in [1.807, 2.05) is 0 Å². The minimum absolute atomic E-state index is 0.0991. The first-order chi connectivity index (χ1) is 13.8. The normalized spacial score (nSPS) is 46.1. The second-order valence-electron chi connectivity index (χ2n) is 10.0. The zero-order valence-electron chi connectivity index (χ0n) is 17.6. The number of hydrogen-bond acceptors (Lipinski definition) is 5. The minimum Gasteiger partial charge on any atom is -0.378 e. The molecule has 6 aliphatic rings. The van der Waals surface area contributed by atoms with Gasteiger partial charge in [0.1, 0.15) is 0 Å². The van der Waals surface area contributed by atoms with Crippen molar-refractivity contribution in [2.75, 3.05) is 46.1 Å². The molecule has 4 heterocycles. The highest BCUT2D eigenvalue weighted by Crippen LogP contribution is 2.41. The smallest absolute Gasteiger partial charge is 0.0665 e. The Hall–Kier alpha value is -0.200. The summed E-state index contributed by atoms with van der Waals surface area (Å²) in [6.07, 6.45) is 13.9. The van der Waals surface area contributed by atoms with Crippen LogP contribution in [0.2, 0.25) is 0 Å². The number of fused-ring (bicyclic) bond motifs is 6. The van der Waals surface area contributed by atoms with Crippen molar-refractivity contribution in [3.63, 3.8) is 0 Å². The lowest BCUT2D eigenvalue weighted by molar-refractivity contribution is -0.0747. The fourth-order valence-electron chi connectivity index (χ4n) is 6.88. The molecule has 5 nitrogen and oxygen atoms in total. The third kappa shape index (κ3) is 4.02. The van der Waals surface area contributed by atoms with Crippen LogP contribution in [0.1, 0.15) is 64.2 Å². The Balaban J connectivity index is 1.29. The molecule has 0 radical (unpaired) electrons. The minimum atomic E-state index is 0.0991. The Labute approximate surface area is 170 Å². The van der Waals surface area contributed by atoms with E-state index < -0.39 is 0 Å². The molecule has 2 aliphatic carbocycles. The predicted octanol–water partition coefficient (Wildman–Crippen LogP) is 2.97. The summed E-state index contributed by atoms with van der Waals surface area (Å²) in [6.45, 7) is 6.73. The van der Waals surface area contributed by atoms with Crippen LogP contribution in [-0.4, -0.2) is 74.8 Å². The van der Waals surface area contributed by atoms with Crippen LogP contribution in [0.5, 0.6) is 0 Å². The molecule has 2 saturated carbocycles. The van der Waals surface area contributed by atoms with Gasteiger partial charge in [-0.3, -0.25) is 4.90 Å². The topological polar surface area (TPSA) is 43.0 Å². The lowest BCUT2D eigenvalue weighted by Crippen LogP contribution is -2.62. The Morgan fingerprint density at radius 3 is 2.61 bits per heavy atom. The number of ether oxygens (including phenoxy) is 3. The van der Waals surface area contributed by atoms with Gasteiger partial charge in [-0.1, -0.05) is 12.8 Å². The molecular weight excluding hydrogens is 352 g/mol. The van der Waals surface area contributed by atoms with Crippen LogP contribution in [0.25, 0.3) is 0 Å². The van der Waals surface area contributed by atoms with Gasteiger partial charge in [0.25, 0.3) is 0 Å². The maximum atomic E-state index is 6.58. The SMILES string of the molecule is C1CCC2C3CCC(CC3)OC[C@H]3N(CCCOC2C1)CC[C@]31COCCN1. The molecule has 1 N–H and O–H groups in total. The van der Waals surface area contributed by atoms with Crippen molar-refractivity contribution < 1.29 is 14.2 Å². The molecule has 6 fully saturated rings. The van der Waals surface area contributed by atoms with E-state index in [0.29, 0.717) is 18.2 Å². The van der Waals surface area contributed by atoms with Crippen LogP contribution in [0.15, 0.2) is 0 Å². The van der Waals surface area contributed by atoms with Crippen LogP contribution in [0.4, 0.5) is 0 Å². The molecule has 6 rings (SSSR count). The van der Waals surface area contributed by atoms with E-state index in [0.717, 1.165) is 64.3 Å². The highest BCUT2D eigenvalue weighted by Gasteiger charge is 2.48. The molecule has 2 bridgehead atoms. The van der Waals surface area contributed by atoms with Crippen LogP contribution in [-0.2, 0) is 14.2 Å². The van der Waals surface area contributed by atoms with E-state index in [1.165, 1.54) is 57.8 Å². The lowest BCUT2D eigenvalue weighted by Gasteiger charge is -2.43. The third-order valence-corrected chi connectivity index (χ3v) is 8.50. The van der Waals surface area contributed by atoms with Gasteiger partial charge in [0.2, 0.25) is 0 Å². The van der Waals surface area contributed by atoms with Crippen molar-refractivity contribution in [1.82, 2.24) is 10.2 Å². The zero-order chi connectivity index (χ0) is 18.8. The quantitative estimate of drug-likeness (QED) is 0.687. The van der Waals surface area contributed by atoms with E-state index in [9.17, 15) is 0 Å². The molecule has 4 atom stereocenters. The van der Waals surface area contributed by atoms with Crippen LogP contribution in [0.3, 0.4) is 0 Å². The maximum absolute atomic E-state index is 6.58. The van der Waals surface area contributed by atoms with E-state index >= 15 is 0 Å². The van der Waals surface area contributed by atoms with Crippen molar-refractivity contribution >= 4 is 0 Å². The average Bonchev–Trinajstić information content (AvgIpc) is 3.07. The maximum Gasteiger partial charge on any atom is 0.0665 e. The number of nitrogens with zero attached hydrogens (tertiary/aromatic N) is 1. The molecule has 28 heavy (non-hydrogen) atoms. The van der Waals surface area contributed by atoms with Crippen LogP contribution in [0, 0.1) is 11.8 Å². The van der Waals surface area contributed by atoms with Crippen molar-refractivity contribution in [3.8, 4) is 0 Å². The first-order valence-electron chi connectivity index (χ1n) is 12.1. The Kier molecular flexibility index (Phi) is 6.27. The summed E-state index contributed by atoms with van der Waals surface area (Å²) in [4.78, 5) is 2.67. The van der Waals surface area contributed by atoms with Crippen LogP contribution >= 0.6 is 0 Å². The molecule has 0 aromatic rings. The van der Waals surface area contributed by atoms with Gasteiger partial charge >= 0.3 is 0 Å². The first-order valence-corrected chi connectivity index (χ1v) is 12.1. The molecular formula is C23H40N2O3. The summed E-state index contributed by atoms with van der Waals surface area (Å²) in [5, 5.41) is 3.83. The highest BCUT2D eigenvalue weighted by atomic mass is 16.5. The van der Waals surface area contributed by atoms with E-state index in [-0.39, 0.29) is 5.54 Å².